The van der Waals surface area contributed by atoms with E-state index in [0.29, 0.717) is 0 Å². The van der Waals surface area contributed by atoms with E-state index in [4.69, 9.17) is 16.9 Å². The molecule has 0 atom stereocenters. The molecule has 0 amide bonds. The van der Waals surface area contributed by atoms with E-state index >= 15 is 0 Å². The van der Waals surface area contributed by atoms with Crippen LogP contribution in [0.25, 0.3) is 0 Å². The lowest BCUT2D eigenvalue weighted by molar-refractivity contribution is 0.628. The normalized spacial score (nSPS) is 8.90. The molecule has 0 heterocycles. The van der Waals surface area contributed by atoms with Gasteiger partial charge in [0.15, 0.2) is 0 Å². The molecule has 0 aromatic heterocycles. The molecule has 0 radical (unpaired) electrons. The van der Waals surface area contributed by atoms with Crippen LogP contribution in [0, 0.1) is 17.1 Å². The monoisotopic (exact) mass is 155 g/mol. The summed E-state index contributed by atoms with van der Waals surface area (Å²) in [5.74, 6) is -0.555. The molecule has 0 unspecified atom stereocenters. The van der Waals surface area contributed by atoms with Crippen molar-refractivity contribution in [2.75, 3.05) is 0 Å². The molecule has 0 saturated carbocycles. The van der Waals surface area contributed by atoms with Gasteiger partial charge in [-0.05, 0) is 12.1 Å². The Labute approximate surface area is 62.7 Å². The van der Waals surface area contributed by atoms with E-state index in [1.165, 1.54) is 18.2 Å². The molecule has 0 fully saturated rings. The van der Waals surface area contributed by atoms with E-state index in [9.17, 15) is 4.39 Å². The van der Waals surface area contributed by atoms with E-state index in [1.54, 1.807) is 6.07 Å². The number of nitrogens with zero attached hydrogens (tertiary/aromatic N) is 1. The maximum atomic E-state index is 12.5. The average Bonchev–Trinajstić information content (AvgIpc) is 1.95. The summed E-state index contributed by atoms with van der Waals surface area (Å²) < 4.78 is 12.5. The first-order chi connectivity index (χ1) is 4.75. The van der Waals surface area contributed by atoms with Crippen molar-refractivity contribution < 1.29 is 4.39 Å². The number of benzene rings is 1. The van der Waals surface area contributed by atoms with Gasteiger partial charge in [-0.1, -0.05) is 17.7 Å². The zero-order valence-corrected chi connectivity index (χ0v) is 5.69. The third-order valence-corrected chi connectivity index (χ3v) is 1.46. The van der Waals surface area contributed by atoms with Crippen molar-refractivity contribution in [3.05, 3.63) is 34.6 Å². The van der Waals surface area contributed by atoms with Crippen LogP contribution in [0.1, 0.15) is 5.56 Å². The minimum atomic E-state index is -0.555. The smallest absolute Gasteiger partial charge is 0.143 e. The van der Waals surface area contributed by atoms with Gasteiger partial charge in [-0.3, -0.25) is 0 Å². The zero-order chi connectivity index (χ0) is 7.56. The number of halogens is 2. The van der Waals surface area contributed by atoms with E-state index in [2.05, 4.69) is 0 Å². The third kappa shape index (κ3) is 1.09. The van der Waals surface area contributed by atoms with Gasteiger partial charge in [0.05, 0.1) is 10.6 Å². The van der Waals surface area contributed by atoms with Gasteiger partial charge in [0.25, 0.3) is 0 Å². The first-order valence-corrected chi connectivity index (χ1v) is 2.97. The lowest BCUT2D eigenvalue weighted by atomic mass is 10.2. The molecule has 0 spiro atoms. The van der Waals surface area contributed by atoms with Crippen molar-refractivity contribution in [2.24, 2.45) is 0 Å². The Kier molecular flexibility index (Phi) is 1.88. The highest BCUT2D eigenvalue weighted by Crippen LogP contribution is 2.17. The topological polar surface area (TPSA) is 23.8 Å². The minimum Gasteiger partial charge on any atom is -0.205 e. The molecular formula is C7H3ClFN. The highest BCUT2D eigenvalue weighted by atomic mass is 35.5. The highest BCUT2D eigenvalue weighted by molar-refractivity contribution is 6.31. The minimum absolute atomic E-state index is 0.106. The fourth-order valence-corrected chi connectivity index (χ4v) is 0.758. The van der Waals surface area contributed by atoms with Gasteiger partial charge in [0.1, 0.15) is 11.9 Å². The first kappa shape index (κ1) is 7.04. The van der Waals surface area contributed by atoms with Crippen LogP contribution in [-0.2, 0) is 0 Å². The van der Waals surface area contributed by atoms with Crippen molar-refractivity contribution in [1.29, 1.82) is 5.26 Å². The summed E-state index contributed by atoms with van der Waals surface area (Å²) in [6, 6.07) is 5.88. The molecule has 1 nitrogen and oxygen atoms in total. The SMILES string of the molecule is N#Cc1cccc(F)c1Cl. The second-order valence-corrected chi connectivity index (χ2v) is 2.09. The van der Waals surface area contributed by atoms with Gasteiger partial charge in [0, 0.05) is 0 Å². The van der Waals surface area contributed by atoms with E-state index in [-0.39, 0.29) is 10.6 Å². The number of rotatable bonds is 0. The van der Waals surface area contributed by atoms with Crippen molar-refractivity contribution in [1.82, 2.24) is 0 Å². The van der Waals surface area contributed by atoms with E-state index < -0.39 is 5.82 Å². The van der Waals surface area contributed by atoms with E-state index in [0.717, 1.165) is 0 Å². The lowest BCUT2D eigenvalue weighted by Gasteiger charge is -1.92. The van der Waals surface area contributed by atoms with Gasteiger partial charge < -0.3 is 0 Å². The molecule has 3 heteroatoms. The molecular weight excluding hydrogens is 153 g/mol. The molecule has 0 aliphatic rings. The van der Waals surface area contributed by atoms with Crippen molar-refractivity contribution >= 4 is 11.6 Å². The van der Waals surface area contributed by atoms with Crippen LogP contribution < -0.4 is 0 Å². The first-order valence-electron chi connectivity index (χ1n) is 2.60. The summed E-state index contributed by atoms with van der Waals surface area (Å²) in [6.07, 6.45) is 0. The van der Waals surface area contributed by atoms with Crippen LogP contribution in [0.3, 0.4) is 0 Å². The Bertz CT molecular complexity index is 290. The number of nitriles is 1. The highest BCUT2D eigenvalue weighted by Gasteiger charge is 2.02. The Morgan fingerprint density at radius 2 is 2.20 bits per heavy atom. The van der Waals surface area contributed by atoms with Crippen LogP contribution in [0.15, 0.2) is 18.2 Å². The largest absolute Gasteiger partial charge is 0.205 e. The molecule has 1 aromatic carbocycles. The Balaban J connectivity index is 3.31. The van der Waals surface area contributed by atoms with Gasteiger partial charge in [0.2, 0.25) is 0 Å². The Morgan fingerprint density at radius 3 is 2.70 bits per heavy atom. The third-order valence-electron chi connectivity index (χ3n) is 1.07. The van der Waals surface area contributed by atoms with Gasteiger partial charge in [-0.25, -0.2) is 4.39 Å². The van der Waals surface area contributed by atoms with Crippen LogP contribution in [0.2, 0.25) is 5.02 Å². The number of hydrogen-bond donors (Lipinski definition) is 0. The average molecular weight is 156 g/mol. The van der Waals surface area contributed by atoms with E-state index in [1.807, 2.05) is 0 Å². The maximum absolute atomic E-state index is 12.5. The second-order valence-electron chi connectivity index (χ2n) is 1.71. The molecule has 0 aliphatic carbocycles. The predicted octanol–water partition coefficient (Wildman–Crippen LogP) is 2.35. The molecule has 1 rings (SSSR count). The molecule has 1 aromatic rings. The lowest BCUT2D eigenvalue weighted by Crippen LogP contribution is -1.80. The van der Waals surface area contributed by atoms with Gasteiger partial charge in [-0.2, -0.15) is 5.26 Å². The molecule has 0 aliphatic heterocycles. The van der Waals surface area contributed by atoms with Crippen LogP contribution in [0.4, 0.5) is 4.39 Å². The Hall–Kier alpha value is -1.07. The van der Waals surface area contributed by atoms with Crippen molar-refractivity contribution in [3.8, 4) is 6.07 Å². The summed E-state index contributed by atoms with van der Waals surface area (Å²) in [4.78, 5) is 0. The molecule has 0 saturated heterocycles. The summed E-state index contributed by atoms with van der Waals surface area (Å²) in [5, 5.41) is 8.24. The molecule has 0 bridgehead atoms. The molecule has 0 N–H and O–H groups in total. The van der Waals surface area contributed by atoms with Crippen LogP contribution in [-0.4, -0.2) is 0 Å². The second kappa shape index (κ2) is 2.68. The van der Waals surface area contributed by atoms with Gasteiger partial charge in [-0.15, -0.1) is 0 Å². The Morgan fingerprint density at radius 1 is 1.50 bits per heavy atom. The summed E-state index contributed by atoms with van der Waals surface area (Å²) in [6.45, 7) is 0. The number of hydrogen-bond acceptors (Lipinski definition) is 1. The zero-order valence-electron chi connectivity index (χ0n) is 4.94. The molecule has 10 heavy (non-hydrogen) atoms. The van der Waals surface area contributed by atoms with Crippen molar-refractivity contribution in [2.45, 2.75) is 0 Å². The molecule has 50 valence electrons. The van der Waals surface area contributed by atoms with Crippen LogP contribution >= 0.6 is 11.6 Å². The fourth-order valence-electron chi connectivity index (χ4n) is 0.590. The quantitative estimate of drug-likeness (QED) is 0.564. The predicted molar refractivity (Wildman–Crippen MR) is 36.1 cm³/mol. The summed E-state index contributed by atoms with van der Waals surface area (Å²) in [5.41, 5.74) is 0.168. The fraction of sp³-hybridized carbons (Fsp3) is 0. The summed E-state index contributed by atoms with van der Waals surface area (Å²) in [7, 11) is 0. The van der Waals surface area contributed by atoms with Crippen molar-refractivity contribution in [3.63, 3.8) is 0 Å². The standard InChI is InChI=1S/C7H3ClFN/c8-7-5(4-10)2-1-3-6(7)9/h1-3H. The van der Waals surface area contributed by atoms with Gasteiger partial charge >= 0.3 is 0 Å². The van der Waals surface area contributed by atoms with Crippen LogP contribution in [0.5, 0.6) is 0 Å². The maximum Gasteiger partial charge on any atom is 0.143 e. The summed E-state index contributed by atoms with van der Waals surface area (Å²) >= 11 is 5.40.